The van der Waals surface area contributed by atoms with E-state index in [4.69, 9.17) is 5.73 Å². The van der Waals surface area contributed by atoms with Gasteiger partial charge in [0, 0.05) is 31.5 Å². The Labute approximate surface area is 89.8 Å². The van der Waals surface area contributed by atoms with E-state index in [0.29, 0.717) is 19.0 Å². The summed E-state index contributed by atoms with van der Waals surface area (Å²) in [4.78, 5) is 21.9. The largest absolute Gasteiger partial charge is 0.370 e. The van der Waals surface area contributed by atoms with Crippen LogP contribution in [0.2, 0.25) is 0 Å². The summed E-state index contributed by atoms with van der Waals surface area (Å²) < 4.78 is 0. The Morgan fingerprint density at radius 1 is 1.47 bits per heavy atom. The van der Waals surface area contributed by atoms with Crippen molar-refractivity contribution in [1.82, 2.24) is 10.6 Å². The lowest BCUT2D eigenvalue weighted by Gasteiger charge is -2.11. The summed E-state index contributed by atoms with van der Waals surface area (Å²) >= 11 is 0. The van der Waals surface area contributed by atoms with Gasteiger partial charge >= 0.3 is 0 Å². The lowest BCUT2D eigenvalue weighted by molar-refractivity contribution is -0.122. The monoisotopic (exact) mass is 213 g/mol. The highest BCUT2D eigenvalue weighted by atomic mass is 16.2. The van der Waals surface area contributed by atoms with Gasteiger partial charge in [-0.25, -0.2) is 0 Å². The summed E-state index contributed by atoms with van der Waals surface area (Å²) in [5, 5.41) is 5.97. The van der Waals surface area contributed by atoms with Gasteiger partial charge in [-0.05, 0) is 19.8 Å². The first kappa shape index (κ1) is 12.0. The highest BCUT2D eigenvalue weighted by Crippen LogP contribution is 2.18. The molecule has 1 saturated carbocycles. The molecule has 0 radical (unpaired) electrons. The minimum absolute atomic E-state index is 0.0306. The van der Waals surface area contributed by atoms with E-state index in [1.54, 1.807) is 6.92 Å². The van der Waals surface area contributed by atoms with Gasteiger partial charge in [0.05, 0.1) is 0 Å². The van der Waals surface area contributed by atoms with E-state index >= 15 is 0 Å². The minimum Gasteiger partial charge on any atom is -0.370 e. The van der Waals surface area contributed by atoms with Crippen molar-refractivity contribution in [3.05, 3.63) is 0 Å². The van der Waals surface area contributed by atoms with Gasteiger partial charge in [-0.1, -0.05) is 0 Å². The van der Waals surface area contributed by atoms with Crippen molar-refractivity contribution in [2.75, 3.05) is 6.54 Å². The Morgan fingerprint density at radius 3 is 2.67 bits per heavy atom. The molecule has 1 rings (SSSR count). The van der Waals surface area contributed by atoms with Crippen LogP contribution >= 0.6 is 0 Å². The summed E-state index contributed by atoms with van der Waals surface area (Å²) in [6, 6.07) is 0.455. The average Bonchev–Trinajstić information content (AvgIpc) is 2.85. The minimum atomic E-state index is -0.390. The summed E-state index contributed by atoms with van der Waals surface area (Å²) in [5.74, 6) is -0.421. The summed E-state index contributed by atoms with van der Waals surface area (Å²) in [5.41, 5.74) is 5.01. The van der Waals surface area contributed by atoms with Crippen molar-refractivity contribution in [3.8, 4) is 0 Å². The molecule has 1 aliphatic carbocycles. The maximum absolute atomic E-state index is 11.3. The number of nitrogens with one attached hydrogen (secondary N) is 2. The fourth-order valence-electron chi connectivity index (χ4n) is 1.38. The molecule has 0 aliphatic heterocycles. The first-order valence-corrected chi connectivity index (χ1v) is 5.39. The van der Waals surface area contributed by atoms with Crippen LogP contribution in [0, 0.1) is 0 Å². The first-order valence-electron chi connectivity index (χ1n) is 5.39. The smallest absolute Gasteiger partial charge is 0.221 e. The van der Waals surface area contributed by atoms with Gasteiger partial charge in [0.1, 0.15) is 0 Å². The van der Waals surface area contributed by atoms with Crippen molar-refractivity contribution in [1.29, 1.82) is 0 Å². The van der Waals surface area contributed by atoms with Gasteiger partial charge in [0.2, 0.25) is 11.8 Å². The van der Waals surface area contributed by atoms with Crippen molar-refractivity contribution in [2.45, 2.75) is 44.7 Å². The number of nitrogens with two attached hydrogens (primary N) is 1. The predicted octanol–water partition coefficient (Wildman–Crippen LogP) is -0.491. The fraction of sp³-hybridized carbons (Fsp3) is 0.800. The number of rotatable bonds is 7. The number of hydrogen-bond donors (Lipinski definition) is 3. The van der Waals surface area contributed by atoms with Crippen LogP contribution in [-0.4, -0.2) is 30.4 Å². The molecule has 1 atom stereocenters. The Balaban J connectivity index is 2.02. The zero-order valence-corrected chi connectivity index (χ0v) is 9.08. The molecule has 86 valence electrons. The third-order valence-corrected chi connectivity index (χ3v) is 2.28. The molecule has 0 heterocycles. The third-order valence-electron chi connectivity index (χ3n) is 2.28. The number of hydrogen-bond acceptors (Lipinski definition) is 3. The second-order valence-corrected chi connectivity index (χ2v) is 4.12. The van der Waals surface area contributed by atoms with Gasteiger partial charge in [-0.15, -0.1) is 0 Å². The van der Waals surface area contributed by atoms with Crippen molar-refractivity contribution in [2.24, 2.45) is 5.73 Å². The topological polar surface area (TPSA) is 84.2 Å². The van der Waals surface area contributed by atoms with E-state index in [1.807, 2.05) is 0 Å². The first-order chi connectivity index (χ1) is 7.08. The van der Waals surface area contributed by atoms with E-state index in [2.05, 4.69) is 10.6 Å². The van der Waals surface area contributed by atoms with Crippen LogP contribution in [-0.2, 0) is 9.59 Å². The summed E-state index contributed by atoms with van der Waals surface area (Å²) in [6.07, 6.45) is 3.10. The van der Waals surface area contributed by atoms with Crippen molar-refractivity contribution in [3.63, 3.8) is 0 Å². The van der Waals surface area contributed by atoms with E-state index in [-0.39, 0.29) is 24.3 Å². The number of primary amides is 1. The van der Waals surface area contributed by atoms with E-state index in [0.717, 1.165) is 0 Å². The molecule has 1 fully saturated rings. The van der Waals surface area contributed by atoms with E-state index in [9.17, 15) is 9.59 Å². The Hall–Kier alpha value is -1.10. The van der Waals surface area contributed by atoms with Crippen LogP contribution in [0.5, 0.6) is 0 Å². The lowest BCUT2D eigenvalue weighted by Crippen LogP contribution is -2.37. The van der Waals surface area contributed by atoms with Crippen LogP contribution in [0.25, 0.3) is 0 Å². The Bertz CT molecular complexity index is 239. The van der Waals surface area contributed by atoms with Crippen LogP contribution in [0.3, 0.4) is 0 Å². The molecule has 0 aromatic carbocycles. The zero-order valence-electron chi connectivity index (χ0n) is 9.08. The quantitative estimate of drug-likeness (QED) is 0.533. The van der Waals surface area contributed by atoms with Crippen molar-refractivity contribution >= 4 is 11.8 Å². The van der Waals surface area contributed by atoms with Crippen LogP contribution in [0.15, 0.2) is 0 Å². The second kappa shape index (κ2) is 5.70. The highest BCUT2D eigenvalue weighted by molar-refractivity contribution is 5.78. The predicted molar refractivity (Wildman–Crippen MR) is 57.1 cm³/mol. The van der Waals surface area contributed by atoms with Crippen molar-refractivity contribution < 1.29 is 9.59 Å². The van der Waals surface area contributed by atoms with E-state index in [1.165, 1.54) is 12.8 Å². The highest BCUT2D eigenvalue weighted by Gasteiger charge is 2.20. The Kier molecular flexibility index (Phi) is 4.55. The van der Waals surface area contributed by atoms with Crippen LogP contribution in [0.1, 0.15) is 32.6 Å². The molecular weight excluding hydrogens is 194 g/mol. The lowest BCUT2D eigenvalue weighted by atomic mass is 10.2. The zero-order chi connectivity index (χ0) is 11.3. The van der Waals surface area contributed by atoms with Crippen LogP contribution < -0.4 is 16.4 Å². The molecule has 5 heteroatoms. The van der Waals surface area contributed by atoms with Gasteiger partial charge < -0.3 is 16.4 Å². The molecule has 0 aromatic rings. The second-order valence-electron chi connectivity index (χ2n) is 4.12. The van der Waals surface area contributed by atoms with Gasteiger partial charge in [0.25, 0.3) is 0 Å². The number of carbonyl (C=O) groups excluding carboxylic acids is 2. The maximum atomic E-state index is 11.3. The molecule has 0 bridgehead atoms. The standard InChI is InChI=1S/C10H19N3O2/c1-7(6-9(11)14)13-10(15)4-5-12-8-2-3-8/h7-8,12H,2-6H2,1H3,(H2,11,14)(H,13,15). The normalized spacial score (nSPS) is 17.1. The molecular formula is C10H19N3O2. The fourth-order valence-corrected chi connectivity index (χ4v) is 1.38. The molecule has 5 nitrogen and oxygen atoms in total. The third kappa shape index (κ3) is 6.06. The van der Waals surface area contributed by atoms with Gasteiger partial charge in [-0.3, -0.25) is 9.59 Å². The summed E-state index contributed by atoms with van der Waals surface area (Å²) in [7, 11) is 0. The number of carbonyl (C=O) groups is 2. The number of amides is 2. The van der Waals surface area contributed by atoms with Gasteiger partial charge in [0.15, 0.2) is 0 Å². The molecule has 0 spiro atoms. The molecule has 0 aromatic heterocycles. The van der Waals surface area contributed by atoms with E-state index < -0.39 is 0 Å². The molecule has 0 saturated heterocycles. The molecule has 15 heavy (non-hydrogen) atoms. The molecule has 1 unspecified atom stereocenters. The van der Waals surface area contributed by atoms with Crippen LogP contribution in [0.4, 0.5) is 0 Å². The molecule has 4 N–H and O–H groups in total. The maximum Gasteiger partial charge on any atom is 0.221 e. The average molecular weight is 213 g/mol. The molecule has 2 amide bonds. The molecule has 1 aliphatic rings. The SMILES string of the molecule is CC(CC(N)=O)NC(=O)CCNC1CC1. The van der Waals surface area contributed by atoms with Gasteiger partial charge in [-0.2, -0.15) is 0 Å². The summed E-state index contributed by atoms with van der Waals surface area (Å²) in [6.45, 7) is 2.48. The Morgan fingerprint density at radius 2 is 2.13 bits per heavy atom.